The maximum Gasteiger partial charge on any atom is 0.223 e. The van der Waals surface area contributed by atoms with Crippen LogP contribution in [0.4, 0.5) is 0 Å². The number of amides is 1. The number of hydrogen-bond donors (Lipinski definition) is 2. The number of rotatable bonds is 6. The molecule has 0 saturated carbocycles. The van der Waals surface area contributed by atoms with Gasteiger partial charge in [0.25, 0.3) is 0 Å². The highest BCUT2D eigenvalue weighted by molar-refractivity contribution is 5.81. The second-order valence-corrected chi connectivity index (χ2v) is 6.26. The molecule has 0 spiro atoms. The summed E-state index contributed by atoms with van der Waals surface area (Å²) in [5, 5.41) is 11.6. The van der Waals surface area contributed by atoms with Gasteiger partial charge in [-0.2, -0.15) is 0 Å². The summed E-state index contributed by atoms with van der Waals surface area (Å²) in [6, 6.07) is 3.76. The lowest BCUT2D eigenvalue weighted by Gasteiger charge is -2.26. The molecule has 116 valence electrons. The monoisotopic (exact) mass is 292 g/mol. The van der Waals surface area contributed by atoms with Crippen LogP contribution in [0.25, 0.3) is 0 Å². The third kappa shape index (κ3) is 6.74. The molecule has 0 fully saturated rings. The van der Waals surface area contributed by atoms with E-state index in [-0.39, 0.29) is 17.2 Å². The van der Waals surface area contributed by atoms with E-state index in [0.717, 1.165) is 5.56 Å². The van der Waals surface area contributed by atoms with Gasteiger partial charge in [-0.05, 0) is 17.0 Å². The fourth-order valence-electron chi connectivity index (χ4n) is 1.87. The largest absolute Gasteiger partial charge is 0.409 e. The molecule has 0 bridgehead atoms. The summed E-state index contributed by atoms with van der Waals surface area (Å²) in [4.78, 5) is 18.2. The lowest BCUT2D eigenvalue weighted by Crippen LogP contribution is -2.35. The summed E-state index contributed by atoms with van der Waals surface area (Å²) in [6.45, 7) is 6.96. The number of oxime groups is 1. The Labute approximate surface area is 125 Å². The van der Waals surface area contributed by atoms with Gasteiger partial charge in [-0.25, -0.2) is 0 Å². The van der Waals surface area contributed by atoms with Crippen LogP contribution < -0.4 is 5.73 Å². The molecule has 0 aliphatic carbocycles. The normalized spacial score (nSPS) is 12.2. The van der Waals surface area contributed by atoms with Gasteiger partial charge < -0.3 is 15.8 Å². The zero-order chi connectivity index (χ0) is 15.9. The summed E-state index contributed by atoms with van der Waals surface area (Å²) >= 11 is 0. The highest BCUT2D eigenvalue weighted by Gasteiger charge is 2.21. The maximum atomic E-state index is 12.4. The highest BCUT2D eigenvalue weighted by atomic mass is 16.4. The van der Waals surface area contributed by atoms with E-state index in [2.05, 4.69) is 10.1 Å². The quantitative estimate of drug-likeness (QED) is 0.363. The average Bonchev–Trinajstić information content (AvgIpc) is 2.42. The molecule has 0 radical (unpaired) electrons. The number of aromatic nitrogens is 1. The molecule has 1 rings (SSSR count). The highest BCUT2D eigenvalue weighted by Crippen LogP contribution is 2.20. The first-order valence-corrected chi connectivity index (χ1v) is 6.95. The van der Waals surface area contributed by atoms with E-state index in [4.69, 9.17) is 10.9 Å². The summed E-state index contributed by atoms with van der Waals surface area (Å²) in [5.74, 6) is 0.173. The van der Waals surface area contributed by atoms with Gasteiger partial charge in [0.05, 0.1) is 0 Å². The van der Waals surface area contributed by atoms with E-state index in [0.29, 0.717) is 25.9 Å². The average molecular weight is 292 g/mol. The molecule has 0 aromatic carbocycles. The molecule has 21 heavy (non-hydrogen) atoms. The fraction of sp³-hybridized carbons (Fsp3) is 0.533. The Bertz CT molecular complexity index is 480. The predicted octanol–water partition coefficient (Wildman–Crippen LogP) is 1.98. The van der Waals surface area contributed by atoms with Crippen LogP contribution in [0.15, 0.2) is 29.7 Å². The van der Waals surface area contributed by atoms with Gasteiger partial charge in [-0.1, -0.05) is 32.0 Å². The van der Waals surface area contributed by atoms with Crippen molar-refractivity contribution in [2.24, 2.45) is 16.3 Å². The number of carbonyl (C=O) groups is 1. The first-order valence-electron chi connectivity index (χ1n) is 6.95. The van der Waals surface area contributed by atoms with Gasteiger partial charge in [-0.15, -0.1) is 0 Å². The molecule has 0 atom stereocenters. The Hall–Kier alpha value is -2.11. The zero-order valence-electron chi connectivity index (χ0n) is 12.9. The Morgan fingerprint density at radius 2 is 2.19 bits per heavy atom. The summed E-state index contributed by atoms with van der Waals surface area (Å²) in [7, 11) is 0. The number of nitrogens with zero attached hydrogens (tertiary/aromatic N) is 3. The van der Waals surface area contributed by atoms with E-state index in [1.54, 1.807) is 17.3 Å². The van der Waals surface area contributed by atoms with Gasteiger partial charge in [0.15, 0.2) is 0 Å². The zero-order valence-corrected chi connectivity index (χ0v) is 12.9. The molecule has 1 aromatic heterocycles. The number of carbonyl (C=O) groups excluding carboxylic acids is 1. The fourth-order valence-corrected chi connectivity index (χ4v) is 1.87. The van der Waals surface area contributed by atoms with Gasteiger partial charge in [0.2, 0.25) is 5.91 Å². The summed E-state index contributed by atoms with van der Waals surface area (Å²) in [6.07, 6.45) is 4.22. The van der Waals surface area contributed by atoms with Gasteiger partial charge >= 0.3 is 0 Å². The number of amidine groups is 1. The first kappa shape index (κ1) is 16.9. The minimum Gasteiger partial charge on any atom is -0.409 e. The van der Waals surface area contributed by atoms with Gasteiger partial charge in [0.1, 0.15) is 5.84 Å². The number of nitrogens with two attached hydrogens (primary N) is 1. The predicted molar refractivity (Wildman–Crippen MR) is 81.8 cm³/mol. The van der Waals surface area contributed by atoms with Crippen LogP contribution in [0.5, 0.6) is 0 Å². The van der Waals surface area contributed by atoms with Gasteiger partial charge in [0, 0.05) is 38.3 Å². The molecule has 0 aliphatic rings. The number of pyridine rings is 1. The maximum absolute atomic E-state index is 12.4. The molecular formula is C15H24N4O2. The van der Waals surface area contributed by atoms with Crippen molar-refractivity contribution in [1.82, 2.24) is 9.88 Å². The van der Waals surface area contributed by atoms with E-state index >= 15 is 0 Å². The second kappa shape index (κ2) is 7.61. The summed E-state index contributed by atoms with van der Waals surface area (Å²) in [5.41, 5.74) is 6.37. The molecule has 3 N–H and O–H groups in total. The molecule has 6 heteroatoms. The molecule has 0 saturated heterocycles. The van der Waals surface area contributed by atoms with E-state index in [1.807, 2.05) is 32.9 Å². The standard InChI is InChI=1S/C15H24N4O2/c1-15(2,3)9-14(20)19(8-6-13(16)18-21)11-12-5-4-7-17-10-12/h4-5,7,10,21H,6,8-9,11H2,1-3H3,(H2,16,18). The Morgan fingerprint density at radius 1 is 1.48 bits per heavy atom. The third-order valence-electron chi connectivity index (χ3n) is 2.90. The Kier molecular flexibility index (Phi) is 6.14. The van der Waals surface area contributed by atoms with Gasteiger partial charge in [-0.3, -0.25) is 9.78 Å². The molecule has 6 nitrogen and oxygen atoms in total. The lowest BCUT2D eigenvalue weighted by atomic mass is 9.91. The lowest BCUT2D eigenvalue weighted by molar-refractivity contribution is -0.133. The second-order valence-electron chi connectivity index (χ2n) is 6.26. The van der Waals surface area contributed by atoms with Crippen LogP contribution in [0.2, 0.25) is 0 Å². The molecule has 0 unspecified atom stereocenters. The van der Waals surface area contributed by atoms with Crippen molar-refractivity contribution in [1.29, 1.82) is 0 Å². The SMILES string of the molecule is CC(C)(C)CC(=O)N(CC/C(N)=N/O)Cc1cccnc1. The Balaban J connectivity index is 2.76. The third-order valence-corrected chi connectivity index (χ3v) is 2.90. The van der Waals surface area contributed by atoms with Crippen molar-refractivity contribution in [3.63, 3.8) is 0 Å². The van der Waals surface area contributed by atoms with Crippen LogP contribution in [0, 0.1) is 5.41 Å². The van der Waals surface area contributed by atoms with Crippen LogP contribution in [0.3, 0.4) is 0 Å². The molecule has 0 aliphatic heterocycles. The molecule has 1 aromatic rings. The van der Waals surface area contributed by atoms with Crippen molar-refractivity contribution in [2.75, 3.05) is 6.54 Å². The molecule has 1 amide bonds. The smallest absolute Gasteiger partial charge is 0.223 e. The molecular weight excluding hydrogens is 268 g/mol. The van der Waals surface area contributed by atoms with Crippen molar-refractivity contribution in [2.45, 2.75) is 40.2 Å². The van der Waals surface area contributed by atoms with Crippen LogP contribution >= 0.6 is 0 Å². The van der Waals surface area contributed by atoms with Crippen LogP contribution in [0.1, 0.15) is 39.2 Å². The van der Waals surface area contributed by atoms with Crippen molar-refractivity contribution >= 4 is 11.7 Å². The number of hydrogen-bond acceptors (Lipinski definition) is 4. The van der Waals surface area contributed by atoms with E-state index < -0.39 is 0 Å². The van der Waals surface area contributed by atoms with Crippen LogP contribution in [-0.2, 0) is 11.3 Å². The summed E-state index contributed by atoms with van der Waals surface area (Å²) < 4.78 is 0. The Morgan fingerprint density at radius 3 is 2.71 bits per heavy atom. The first-order chi connectivity index (χ1) is 9.81. The van der Waals surface area contributed by atoms with Crippen molar-refractivity contribution < 1.29 is 10.0 Å². The van der Waals surface area contributed by atoms with Crippen LogP contribution in [-0.4, -0.2) is 33.4 Å². The van der Waals surface area contributed by atoms with Crippen molar-refractivity contribution in [3.8, 4) is 0 Å². The minimum absolute atomic E-state index is 0.0529. The van der Waals surface area contributed by atoms with Crippen molar-refractivity contribution in [3.05, 3.63) is 30.1 Å². The van der Waals surface area contributed by atoms with E-state index in [1.165, 1.54) is 0 Å². The topological polar surface area (TPSA) is 91.8 Å². The minimum atomic E-state index is -0.0825. The molecule has 1 heterocycles. The van der Waals surface area contributed by atoms with E-state index in [9.17, 15) is 4.79 Å².